The fourth-order valence-corrected chi connectivity index (χ4v) is 3.35. The number of amides is 1. The van der Waals surface area contributed by atoms with E-state index in [0.717, 1.165) is 22.5 Å². The molecule has 1 aromatic carbocycles. The monoisotopic (exact) mass is 387 g/mol. The Kier molecular flexibility index (Phi) is 5.60. The van der Waals surface area contributed by atoms with Crippen molar-refractivity contribution in [3.8, 4) is 5.75 Å². The molecule has 0 atom stereocenters. The zero-order valence-corrected chi connectivity index (χ0v) is 16.6. The van der Waals surface area contributed by atoms with E-state index >= 15 is 0 Å². The van der Waals surface area contributed by atoms with Crippen LogP contribution in [0, 0.1) is 13.8 Å². The Bertz CT molecular complexity index is 986. The van der Waals surface area contributed by atoms with E-state index in [2.05, 4.69) is 15.1 Å². The van der Waals surface area contributed by atoms with Crippen molar-refractivity contribution in [3.05, 3.63) is 52.1 Å². The third kappa shape index (κ3) is 4.03. The fraction of sp³-hybridized carbons (Fsp3) is 0.368. The lowest BCUT2D eigenvalue weighted by Crippen LogP contribution is -2.27. The first kappa shape index (κ1) is 19.1. The van der Waals surface area contributed by atoms with Crippen LogP contribution in [0.5, 0.6) is 5.75 Å². The van der Waals surface area contributed by atoms with Gasteiger partial charge in [-0.3, -0.25) is 4.79 Å². The Morgan fingerprint density at radius 3 is 2.85 bits per heavy atom. The number of aromatic nitrogens is 4. The average molecular weight is 388 g/mol. The van der Waals surface area contributed by atoms with Crippen LogP contribution in [0.4, 0.5) is 0 Å². The standard InChI is InChI=1S/C19H22ClN5O2/c1-12-16(13(2)25-19(23-12)21-11-22-25)6-8-18(26)24(3)10-14-9-15(20)5-7-17(14)27-4/h5,7,9,11H,6,8,10H2,1-4H3. The van der Waals surface area contributed by atoms with Gasteiger partial charge >= 0.3 is 0 Å². The van der Waals surface area contributed by atoms with Crippen LogP contribution in [0.2, 0.25) is 5.02 Å². The highest BCUT2D eigenvalue weighted by molar-refractivity contribution is 6.30. The van der Waals surface area contributed by atoms with Gasteiger partial charge in [-0.1, -0.05) is 11.6 Å². The number of aryl methyl sites for hydroxylation is 2. The van der Waals surface area contributed by atoms with Gasteiger partial charge in [0.25, 0.3) is 5.78 Å². The minimum Gasteiger partial charge on any atom is -0.496 e. The number of carbonyl (C=O) groups excluding carboxylic acids is 1. The topological polar surface area (TPSA) is 72.6 Å². The van der Waals surface area contributed by atoms with Crippen molar-refractivity contribution in [1.29, 1.82) is 0 Å². The van der Waals surface area contributed by atoms with E-state index in [4.69, 9.17) is 16.3 Å². The van der Waals surface area contributed by atoms with Crippen molar-refractivity contribution in [1.82, 2.24) is 24.5 Å². The van der Waals surface area contributed by atoms with Crippen LogP contribution in [0.15, 0.2) is 24.5 Å². The second kappa shape index (κ2) is 7.92. The summed E-state index contributed by atoms with van der Waals surface area (Å²) in [6.07, 6.45) is 2.45. The molecule has 7 nitrogen and oxygen atoms in total. The number of nitrogens with zero attached hydrogens (tertiary/aromatic N) is 5. The minimum atomic E-state index is 0.0366. The third-order valence-electron chi connectivity index (χ3n) is 4.65. The van der Waals surface area contributed by atoms with Crippen LogP contribution < -0.4 is 4.74 Å². The molecule has 142 valence electrons. The number of ether oxygens (including phenoxy) is 1. The second-order valence-corrected chi connectivity index (χ2v) is 6.88. The van der Waals surface area contributed by atoms with Crippen LogP contribution in [-0.4, -0.2) is 44.5 Å². The van der Waals surface area contributed by atoms with Crippen molar-refractivity contribution in [2.75, 3.05) is 14.2 Å². The number of hydrogen-bond donors (Lipinski definition) is 0. The van der Waals surface area contributed by atoms with Gasteiger partial charge in [0.05, 0.1) is 7.11 Å². The van der Waals surface area contributed by atoms with Crippen LogP contribution in [0.25, 0.3) is 5.78 Å². The first-order valence-electron chi connectivity index (χ1n) is 8.63. The smallest absolute Gasteiger partial charge is 0.252 e. The molecular weight excluding hydrogens is 366 g/mol. The van der Waals surface area contributed by atoms with Crippen LogP contribution in [-0.2, 0) is 17.8 Å². The number of benzene rings is 1. The lowest BCUT2D eigenvalue weighted by molar-refractivity contribution is -0.130. The molecule has 27 heavy (non-hydrogen) atoms. The SMILES string of the molecule is COc1ccc(Cl)cc1CN(C)C(=O)CCc1c(C)nc2ncnn2c1C. The molecule has 1 amide bonds. The molecule has 0 unspecified atom stereocenters. The Morgan fingerprint density at radius 1 is 1.33 bits per heavy atom. The van der Waals surface area contributed by atoms with E-state index in [1.165, 1.54) is 6.33 Å². The molecular formula is C19H22ClN5O2. The summed E-state index contributed by atoms with van der Waals surface area (Å²) in [4.78, 5) is 22.9. The van der Waals surface area contributed by atoms with Gasteiger partial charge < -0.3 is 9.64 Å². The molecule has 3 aromatic rings. The fourth-order valence-electron chi connectivity index (χ4n) is 3.15. The summed E-state index contributed by atoms with van der Waals surface area (Å²) in [6.45, 7) is 4.33. The molecule has 3 rings (SSSR count). The molecule has 0 spiro atoms. The van der Waals surface area contributed by atoms with E-state index in [0.29, 0.717) is 35.9 Å². The van der Waals surface area contributed by atoms with Gasteiger partial charge in [0.15, 0.2) is 0 Å². The van der Waals surface area contributed by atoms with E-state index in [1.54, 1.807) is 29.6 Å². The Hall–Kier alpha value is -2.67. The summed E-state index contributed by atoms with van der Waals surface area (Å²) < 4.78 is 7.06. The summed E-state index contributed by atoms with van der Waals surface area (Å²) in [5, 5.41) is 4.80. The first-order valence-corrected chi connectivity index (χ1v) is 9.00. The van der Waals surface area contributed by atoms with Gasteiger partial charge in [-0.2, -0.15) is 10.1 Å². The highest BCUT2D eigenvalue weighted by Crippen LogP contribution is 2.24. The number of rotatable bonds is 6. The molecule has 0 bridgehead atoms. The largest absolute Gasteiger partial charge is 0.496 e. The van der Waals surface area contributed by atoms with E-state index in [9.17, 15) is 4.79 Å². The lowest BCUT2D eigenvalue weighted by Gasteiger charge is -2.19. The van der Waals surface area contributed by atoms with Gasteiger partial charge in [-0.05, 0) is 44.0 Å². The maximum atomic E-state index is 12.6. The van der Waals surface area contributed by atoms with Gasteiger partial charge in [-0.15, -0.1) is 0 Å². The minimum absolute atomic E-state index is 0.0366. The number of carbonyl (C=O) groups is 1. The Morgan fingerprint density at radius 2 is 2.11 bits per heavy atom. The molecule has 0 aliphatic carbocycles. The molecule has 0 saturated heterocycles. The molecule has 0 N–H and O–H groups in total. The summed E-state index contributed by atoms with van der Waals surface area (Å²) in [5.41, 5.74) is 3.73. The normalized spacial score (nSPS) is 11.0. The highest BCUT2D eigenvalue weighted by Gasteiger charge is 2.16. The maximum absolute atomic E-state index is 12.6. The first-order chi connectivity index (χ1) is 12.9. The van der Waals surface area contributed by atoms with Crippen LogP contribution in [0.1, 0.15) is 28.9 Å². The number of fused-ring (bicyclic) bond motifs is 1. The van der Waals surface area contributed by atoms with Crippen molar-refractivity contribution in [2.45, 2.75) is 33.2 Å². The summed E-state index contributed by atoms with van der Waals surface area (Å²) in [7, 11) is 3.38. The Balaban J connectivity index is 1.70. The van der Waals surface area contributed by atoms with E-state index < -0.39 is 0 Å². The molecule has 8 heteroatoms. The van der Waals surface area contributed by atoms with Crippen molar-refractivity contribution < 1.29 is 9.53 Å². The van der Waals surface area contributed by atoms with Crippen LogP contribution in [0.3, 0.4) is 0 Å². The molecule has 2 heterocycles. The second-order valence-electron chi connectivity index (χ2n) is 6.44. The molecule has 0 radical (unpaired) electrons. The number of hydrogen-bond acceptors (Lipinski definition) is 5. The van der Waals surface area contributed by atoms with Gasteiger partial charge in [0.2, 0.25) is 5.91 Å². The summed E-state index contributed by atoms with van der Waals surface area (Å²) in [6, 6.07) is 5.40. The quantitative estimate of drug-likeness (QED) is 0.650. The Labute approximate surface area is 162 Å². The van der Waals surface area contributed by atoms with Gasteiger partial charge in [0, 0.05) is 42.0 Å². The predicted octanol–water partition coefficient (Wildman–Crippen LogP) is 2.99. The maximum Gasteiger partial charge on any atom is 0.252 e. The summed E-state index contributed by atoms with van der Waals surface area (Å²) in [5.74, 6) is 1.33. The van der Waals surface area contributed by atoms with Crippen molar-refractivity contribution in [3.63, 3.8) is 0 Å². The molecule has 2 aromatic heterocycles. The highest BCUT2D eigenvalue weighted by atomic mass is 35.5. The summed E-state index contributed by atoms with van der Waals surface area (Å²) >= 11 is 6.07. The van der Waals surface area contributed by atoms with E-state index in [-0.39, 0.29) is 5.91 Å². The number of halogens is 1. The molecule has 0 fully saturated rings. The molecule has 0 aliphatic heterocycles. The number of methoxy groups -OCH3 is 1. The lowest BCUT2D eigenvalue weighted by atomic mass is 10.1. The van der Waals surface area contributed by atoms with Gasteiger partial charge in [0.1, 0.15) is 12.1 Å². The molecule has 0 aliphatic rings. The molecule has 0 saturated carbocycles. The van der Waals surface area contributed by atoms with Crippen LogP contribution >= 0.6 is 11.6 Å². The zero-order chi connectivity index (χ0) is 19.6. The van der Waals surface area contributed by atoms with Crippen molar-refractivity contribution >= 4 is 23.3 Å². The zero-order valence-electron chi connectivity index (χ0n) is 15.9. The van der Waals surface area contributed by atoms with Gasteiger partial charge in [-0.25, -0.2) is 9.50 Å². The van der Waals surface area contributed by atoms with E-state index in [1.807, 2.05) is 26.0 Å². The third-order valence-corrected chi connectivity index (χ3v) is 4.89. The predicted molar refractivity (Wildman–Crippen MR) is 103 cm³/mol. The average Bonchev–Trinajstić information content (AvgIpc) is 3.10. The van der Waals surface area contributed by atoms with Crippen molar-refractivity contribution in [2.24, 2.45) is 0 Å².